The fourth-order valence-corrected chi connectivity index (χ4v) is 3.58. The molecule has 0 spiro atoms. The van der Waals surface area contributed by atoms with Gasteiger partial charge in [-0.1, -0.05) is 18.9 Å². The molecule has 0 bridgehead atoms. The van der Waals surface area contributed by atoms with E-state index in [1.54, 1.807) is 18.0 Å². The van der Waals surface area contributed by atoms with Crippen molar-refractivity contribution < 1.29 is 9.59 Å². The van der Waals surface area contributed by atoms with Crippen LogP contribution in [-0.2, 0) is 22.6 Å². The largest absolute Gasteiger partial charge is 0.329 e. The summed E-state index contributed by atoms with van der Waals surface area (Å²) in [6.45, 7) is 6.30. The average molecular weight is 346 g/mol. The van der Waals surface area contributed by atoms with Gasteiger partial charge in [-0.05, 0) is 61.2 Å². The van der Waals surface area contributed by atoms with Crippen molar-refractivity contribution >= 4 is 11.7 Å². The van der Waals surface area contributed by atoms with Gasteiger partial charge in [0.1, 0.15) is 5.92 Å². The summed E-state index contributed by atoms with van der Waals surface area (Å²) in [5.74, 6) is 5.08. The molecule has 1 unspecified atom stereocenters. The van der Waals surface area contributed by atoms with Crippen LogP contribution < -0.4 is 0 Å². The van der Waals surface area contributed by atoms with E-state index in [0.29, 0.717) is 6.54 Å². The molecule has 1 saturated heterocycles. The van der Waals surface area contributed by atoms with Crippen molar-refractivity contribution in [2.45, 2.75) is 39.7 Å². The smallest absolute Gasteiger partial charge is 0.238 e. The summed E-state index contributed by atoms with van der Waals surface area (Å²) in [4.78, 5) is 31.6. The van der Waals surface area contributed by atoms with E-state index in [-0.39, 0.29) is 18.2 Å². The van der Waals surface area contributed by atoms with Crippen LogP contribution in [0, 0.1) is 18.8 Å². The first kappa shape index (κ1) is 17.9. The molecule has 3 rings (SSSR count). The first-order valence-electron chi connectivity index (χ1n) is 8.82. The normalized spacial score (nSPS) is 16.6. The van der Waals surface area contributed by atoms with Crippen molar-refractivity contribution in [2.75, 3.05) is 6.54 Å². The Hall–Kier alpha value is -2.93. The second kappa shape index (κ2) is 7.53. The van der Waals surface area contributed by atoms with Gasteiger partial charge in [0.25, 0.3) is 0 Å². The summed E-state index contributed by atoms with van der Waals surface area (Å²) in [6.07, 6.45) is 2.45. The number of ketones is 1. The zero-order chi connectivity index (χ0) is 18.7. The van der Waals surface area contributed by atoms with Gasteiger partial charge in [0, 0.05) is 11.8 Å². The van der Waals surface area contributed by atoms with Crippen molar-refractivity contribution in [3.8, 4) is 11.8 Å². The molecule has 1 aliphatic rings. The van der Waals surface area contributed by atoms with Crippen LogP contribution in [-0.4, -0.2) is 28.1 Å². The van der Waals surface area contributed by atoms with Crippen LogP contribution in [0.25, 0.3) is 0 Å². The molecule has 1 aliphatic heterocycles. The number of amides is 1. The van der Waals surface area contributed by atoms with Gasteiger partial charge in [-0.2, -0.15) is 0 Å². The van der Waals surface area contributed by atoms with Gasteiger partial charge in [0.05, 0.1) is 18.8 Å². The molecule has 2 aromatic rings. The second-order valence-corrected chi connectivity index (χ2v) is 6.51. The van der Waals surface area contributed by atoms with Crippen LogP contribution >= 0.6 is 0 Å². The minimum absolute atomic E-state index is 0.0435. The Labute approximate surface area is 154 Å². The minimum atomic E-state index is -0.711. The predicted molar refractivity (Wildman–Crippen MR) is 101 cm³/mol. The van der Waals surface area contributed by atoms with E-state index in [1.807, 2.05) is 44.2 Å². The summed E-state index contributed by atoms with van der Waals surface area (Å²) in [5.41, 5.74) is 4.54. The van der Waals surface area contributed by atoms with Crippen LogP contribution in [0.3, 0.4) is 0 Å². The molecule has 2 heterocycles. The van der Waals surface area contributed by atoms with Crippen LogP contribution in [0.2, 0.25) is 0 Å². The summed E-state index contributed by atoms with van der Waals surface area (Å²) in [5, 5.41) is 0. The number of carbonyl (C=O) groups is 2. The maximum Gasteiger partial charge on any atom is 0.238 e. The number of benzene rings is 1. The molecular weight excluding hydrogens is 324 g/mol. The van der Waals surface area contributed by atoms with E-state index in [9.17, 15) is 9.59 Å². The number of hydrogen-bond acceptors (Lipinski definition) is 3. The molecular formula is C22H22N2O2. The lowest BCUT2D eigenvalue weighted by molar-refractivity contribution is -0.130. The first-order chi connectivity index (χ1) is 12.5. The average Bonchev–Trinajstić information content (AvgIpc) is 2.89. The molecule has 0 N–H and O–H groups in total. The Kier molecular flexibility index (Phi) is 5.18. The van der Waals surface area contributed by atoms with Crippen LogP contribution in [0.4, 0.5) is 0 Å². The lowest BCUT2D eigenvalue weighted by Crippen LogP contribution is -2.27. The Bertz CT molecular complexity index is 907. The number of aryl methyl sites for hydroxylation is 2. The van der Waals surface area contributed by atoms with Crippen molar-refractivity contribution in [2.24, 2.45) is 0 Å². The van der Waals surface area contributed by atoms with E-state index < -0.39 is 5.92 Å². The fraction of sp³-hybridized carbons (Fsp3) is 0.318. The molecule has 1 aromatic heterocycles. The fourth-order valence-electron chi connectivity index (χ4n) is 3.58. The van der Waals surface area contributed by atoms with E-state index in [1.165, 1.54) is 0 Å². The third-order valence-corrected chi connectivity index (χ3v) is 4.72. The monoisotopic (exact) mass is 346 g/mol. The molecule has 132 valence electrons. The van der Waals surface area contributed by atoms with Gasteiger partial charge in [0.15, 0.2) is 5.78 Å². The highest BCUT2D eigenvalue weighted by Crippen LogP contribution is 2.32. The number of likely N-dealkylation sites (tertiary alicyclic amines) is 1. The number of carbonyl (C=O) groups excluding carboxylic acids is 2. The second-order valence-electron chi connectivity index (χ2n) is 6.51. The lowest BCUT2D eigenvalue weighted by Gasteiger charge is -2.18. The van der Waals surface area contributed by atoms with Crippen LogP contribution in [0.1, 0.15) is 47.7 Å². The molecule has 1 atom stereocenters. The van der Waals surface area contributed by atoms with Gasteiger partial charge in [-0.25, -0.2) is 0 Å². The topological polar surface area (TPSA) is 50.3 Å². The molecule has 26 heavy (non-hydrogen) atoms. The van der Waals surface area contributed by atoms with E-state index in [0.717, 1.165) is 34.4 Å². The summed E-state index contributed by atoms with van der Waals surface area (Å²) in [6, 6.07) is 9.55. The summed E-state index contributed by atoms with van der Waals surface area (Å²) in [7, 11) is 0. The number of rotatable bonds is 4. The molecule has 4 nitrogen and oxygen atoms in total. The van der Waals surface area contributed by atoms with Gasteiger partial charge < -0.3 is 4.90 Å². The Morgan fingerprint density at radius 1 is 1.27 bits per heavy atom. The van der Waals surface area contributed by atoms with Crippen molar-refractivity contribution in [1.82, 2.24) is 9.88 Å². The SMILES string of the molecule is CC#Cc1cc(C)c(C2C(=O)CN(Cc3ccccn3)C2=O)c(CC)c1. The van der Waals surface area contributed by atoms with Gasteiger partial charge >= 0.3 is 0 Å². The van der Waals surface area contributed by atoms with Crippen molar-refractivity contribution in [3.05, 3.63) is 64.5 Å². The maximum absolute atomic E-state index is 13.0. The summed E-state index contributed by atoms with van der Waals surface area (Å²) >= 11 is 0. The molecule has 0 aliphatic carbocycles. The third-order valence-electron chi connectivity index (χ3n) is 4.72. The molecule has 4 heteroatoms. The Balaban J connectivity index is 1.95. The van der Waals surface area contributed by atoms with Crippen LogP contribution in [0.5, 0.6) is 0 Å². The van der Waals surface area contributed by atoms with Gasteiger partial charge in [-0.15, -0.1) is 5.92 Å². The predicted octanol–water partition coefficient (Wildman–Crippen LogP) is 3.02. The van der Waals surface area contributed by atoms with E-state index in [2.05, 4.69) is 16.8 Å². The van der Waals surface area contributed by atoms with Gasteiger partial charge in [-0.3, -0.25) is 14.6 Å². The van der Waals surface area contributed by atoms with Gasteiger partial charge in [0.2, 0.25) is 5.91 Å². The van der Waals surface area contributed by atoms with Crippen LogP contribution in [0.15, 0.2) is 36.5 Å². The quantitative estimate of drug-likeness (QED) is 0.632. The maximum atomic E-state index is 13.0. The number of Topliss-reactive ketones (excluding diaryl/α,β-unsaturated/α-hetero) is 1. The molecule has 0 saturated carbocycles. The first-order valence-corrected chi connectivity index (χ1v) is 8.82. The number of pyridine rings is 1. The highest BCUT2D eigenvalue weighted by Gasteiger charge is 2.41. The molecule has 0 radical (unpaired) electrons. The van der Waals surface area contributed by atoms with E-state index in [4.69, 9.17) is 0 Å². The standard InChI is InChI=1S/C22H22N2O2/c1-4-8-16-11-15(3)20(17(5-2)12-16)21-19(25)14-24(22(21)26)13-18-9-6-7-10-23-18/h6-7,9-12,21H,5,13-14H2,1-3H3. The Morgan fingerprint density at radius 3 is 2.73 bits per heavy atom. The number of nitrogens with zero attached hydrogens (tertiary/aromatic N) is 2. The van der Waals surface area contributed by atoms with E-state index >= 15 is 0 Å². The number of hydrogen-bond donors (Lipinski definition) is 0. The zero-order valence-electron chi connectivity index (χ0n) is 15.4. The molecule has 1 fully saturated rings. The highest BCUT2D eigenvalue weighted by molar-refractivity contribution is 6.13. The van der Waals surface area contributed by atoms with Crippen molar-refractivity contribution in [3.63, 3.8) is 0 Å². The zero-order valence-corrected chi connectivity index (χ0v) is 15.4. The molecule has 1 aromatic carbocycles. The Morgan fingerprint density at radius 2 is 2.08 bits per heavy atom. The number of aromatic nitrogens is 1. The lowest BCUT2D eigenvalue weighted by atomic mass is 9.86. The highest BCUT2D eigenvalue weighted by atomic mass is 16.2. The summed E-state index contributed by atoms with van der Waals surface area (Å²) < 4.78 is 0. The molecule has 1 amide bonds. The van der Waals surface area contributed by atoms with Crippen molar-refractivity contribution in [1.29, 1.82) is 0 Å². The minimum Gasteiger partial charge on any atom is -0.329 e. The third kappa shape index (κ3) is 3.39.